The number of para-hydroxylation sites is 1. The molecule has 1 aliphatic rings. The molecule has 1 saturated carbocycles. The zero-order valence-corrected chi connectivity index (χ0v) is 13.5. The Bertz CT molecular complexity index is 493. The number of nitrogens with one attached hydrogen (secondary N) is 1. The summed E-state index contributed by atoms with van der Waals surface area (Å²) >= 11 is 0. The third-order valence-electron chi connectivity index (χ3n) is 4.47. The topological polar surface area (TPSA) is 49.4 Å². The predicted octanol–water partition coefficient (Wildman–Crippen LogP) is 2.98. The van der Waals surface area contributed by atoms with Crippen LogP contribution in [0, 0.1) is 11.8 Å². The molecule has 0 heterocycles. The van der Waals surface area contributed by atoms with E-state index in [9.17, 15) is 9.59 Å². The molecular weight excluding hydrogens is 276 g/mol. The first-order valence-corrected chi connectivity index (χ1v) is 8.23. The van der Waals surface area contributed by atoms with Crippen molar-refractivity contribution in [2.45, 2.75) is 39.0 Å². The molecule has 2 rings (SSSR count). The minimum absolute atomic E-state index is 0.0421. The summed E-state index contributed by atoms with van der Waals surface area (Å²) in [6.07, 6.45) is 4.20. The number of anilines is 1. The molecule has 4 heteroatoms. The van der Waals surface area contributed by atoms with Gasteiger partial charge in [-0.3, -0.25) is 9.59 Å². The van der Waals surface area contributed by atoms with E-state index in [-0.39, 0.29) is 23.7 Å². The fourth-order valence-corrected chi connectivity index (χ4v) is 3.05. The van der Waals surface area contributed by atoms with E-state index in [2.05, 4.69) is 12.2 Å². The molecule has 0 saturated heterocycles. The summed E-state index contributed by atoms with van der Waals surface area (Å²) in [5.74, 6) is 0.445. The first kappa shape index (κ1) is 16.5. The van der Waals surface area contributed by atoms with Gasteiger partial charge in [0.25, 0.3) is 0 Å². The quantitative estimate of drug-likeness (QED) is 0.909. The van der Waals surface area contributed by atoms with Crippen molar-refractivity contribution >= 4 is 17.5 Å². The van der Waals surface area contributed by atoms with Gasteiger partial charge in [0.1, 0.15) is 0 Å². The fraction of sp³-hybridized carbons (Fsp3) is 0.556. The zero-order valence-electron chi connectivity index (χ0n) is 13.5. The van der Waals surface area contributed by atoms with E-state index >= 15 is 0 Å². The minimum atomic E-state index is 0.0421. The van der Waals surface area contributed by atoms with Gasteiger partial charge in [0.05, 0.1) is 0 Å². The lowest BCUT2D eigenvalue weighted by molar-refractivity contribution is -0.129. The lowest BCUT2D eigenvalue weighted by Crippen LogP contribution is -2.38. The Balaban J connectivity index is 1.86. The van der Waals surface area contributed by atoms with Gasteiger partial charge in [0, 0.05) is 31.1 Å². The molecule has 0 aliphatic heterocycles. The Hall–Kier alpha value is -1.84. The molecule has 22 heavy (non-hydrogen) atoms. The third kappa shape index (κ3) is 4.09. The SMILES string of the molecule is CCCNC(=O)C1CCC(C(=O)N(C)c2ccccc2)CC1. The Labute approximate surface area is 132 Å². The Kier molecular flexibility index (Phi) is 5.99. The second kappa shape index (κ2) is 7.97. The van der Waals surface area contributed by atoms with Gasteiger partial charge in [-0.2, -0.15) is 0 Å². The molecule has 120 valence electrons. The van der Waals surface area contributed by atoms with Crippen molar-refractivity contribution in [2.24, 2.45) is 11.8 Å². The highest BCUT2D eigenvalue weighted by molar-refractivity contribution is 5.94. The average molecular weight is 302 g/mol. The van der Waals surface area contributed by atoms with Crippen LogP contribution in [0.5, 0.6) is 0 Å². The molecule has 1 aromatic rings. The number of carbonyl (C=O) groups is 2. The molecule has 4 nitrogen and oxygen atoms in total. The van der Waals surface area contributed by atoms with Crippen molar-refractivity contribution < 1.29 is 9.59 Å². The Morgan fingerprint density at radius 1 is 1.09 bits per heavy atom. The highest BCUT2D eigenvalue weighted by Crippen LogP contribution is 2.31. The lowest BCUT2D eigenvalue weighted by atomic mass is 9.81. The van der Waals surface area contributed by atoms with E-state index in [1.165, 1.54) is 0 Å². The van der Waals surface area contributed by atoms with E-state index in [0.717, 1.165) is 44.3 Å². The summed E-state index contributed by atoms with van der Waals surface area (Å²) in [5, 5.41) is 2.96. The summed E-state index contributed by atoms with van der Waals surface area (Å²) in [4.78, 5) is 26.3. The number of nitrogens with zero attached hydrogens (tertiary/aromatic N) is 1. The predicted molar refractivity (Wildman–Crippen MR) is 88.6 cm³/mol. The van der Waals surface area contributed by atoms with Crippen LogP contribution >= 0.6 is 0 Å². The van der Waals surface area contributed by atoms with Crippen LogP contribution in [0.15, 0.2) is 30.3 Å². The second-order valence-electron chi connectivity index (χ2n) is 6.07. The normalized spacial score (nSPS) is 21.2. The van der Waals surface area contributed by atoms with Gasteiger partial charge in [-0.05, 0) is 44.2 Å². The zero-order chi connectivity index (χ0) is 15.9. The monoisotopic (exact) mass is 302 g/mol. The van der Waals surface area contributed by atoms with Crippen LogP contribution in [0.2, 0.25) is 0 Å². The average Bonchev–Trinajstić information content (AvgIpc) is 2.59. The van der Waals surface area contributed by atoms with Crippen LogP contribution in [0.3, 0.4) is 0 Å². The number of amides is 2. The largest absolute Gasteiger partial charge is 0.356 e. The van der Waals surface area contributed by atoms with Gasteiger partial charge in [-0.25, -0.2) is 0 Å². The molecule has 0 radical (unpaired) electrons. The summed E-state index contributed by atoms with van der Waals surface area (Å²) < 4.78 is 0. The lowest BCUT2D eigenvalue weighted by Gasteiger charge is -2.30. The maximum absolute atomic E-state index is 12.6. The Morgan fingerprint density at radius 3 is 2.27 bits per heavy atom. The van der Waals surface area contributed by atoms with Gasteiger partial charge in [-0.15, -0.1) is 0 Å². The van der Waals surface area contributed by atoms with Crippen LogP contribution < -0.4 is 10.2 Å². The number of carbonyl (C=O) groups excluding carboxylic acids is 2. The summed E-state index contributed by atoms with van der Waals surface area (Å²) in [6.45, 7) is 2.80. The maximum Gasteiger partial charge on any atom is 0.229 e. The summed E-state index contributed by atoms with van der Waals surface area (Å²) in [6, 6.07) is 9.72. The van der Waals surface area contributed by atoms with Crippen LogP contribution in [0.1, 0.15) is 39.0 Å². The van der Waals surface area contributed by atoms with E-state index in [1.807, 2.05) is 37.4 Å². The van der Waals surface area contributed by atoms with E-state index < -0.39 is 0 Å². The van der Waals surface area contributed by atoms with Crippen LogP contribution in [-0.4, -0.2) is 25.4 Å². The maximum atomic E-state index is 12.6. The third-order valence-corrected chi connectivity index (χ3v) is 4.47. The minimum Gasteiger partial charge on any atom is -0.356 e. The van der Waals surface area contributed by atoms with E-state index in [4.69, 9.17) is 0 Å². The van der Waals surface area contributed by atoms with Crippen LogP contribution in [-0.2, 0) is 9.59 Å². The Morgan fingerprint density at radius 2 is 1.68 bits per heavy atom. The number of benzene rings is 1. The second-order valence-corrected chi connectivity index (χ2v) is 6.07. The number of hydrogen-bond acceptors (Lipinski definition) is 2. The highest BCUT2D eigenvalue weighted by Gasteiger charge is 2.31. The van der Waals surface area contributed by atoms with Gasteiger partial charge in [-0.1, -0.05) is 25.1 Å². The van der Waals surface area contributed by atoms with Crippen molar-refractivity contribution in [2.75, 3.05) is 18.5 Å². The van der Waals surface area contributed by atoms with Crippen molar-refractivity contribution in [3.05, 3.63) is 30.3 Å². The van der Waals surface area contributed by atoms with Crippen LogP contribution in [0.4, 0.5) is 5.69 Å². The molecule has 0 bridgehead atoms. The van der Waals surface area contributed by atoms with Gasteiger partial charge in [0.15, 0.2) is 0 Å². The standard InChI is InChI=1S/C18H26N2O2/c1-3-13-19-17(21)14-9-11-15(12-10-14)18(22)20(2)16-7-5-4-6-8-16/h4-8,14-15H,3,9-13H2,1-2H3,(H,19,21). The number of rotatable bonds is 5. The van der Waals surface area contributed by atoms with Crippen molar-refractivity contribution in [3.8, 4) is 0 Å². The molecule has 0 spiro atoms. The van der Waals surface area contributed by atoms with E-state index in [1.54, 1.807) is 4.90 Å². The van der Waals surface area contributed by atoms with Crippen molar-refractivity contribution in [3.63, 3.8) is 0 Å². The number of hydrogen-bond donors (Lipinski definition) is 1. The smallest absolute Gasteiger partial charge is 0.229 e. The molecular formula is C18H26N2O2. The molecule has 2 amide bonds. The molecule has 0 atom stereocenters. The first-order chi connectivity index (χ1) is 10.6. The van der Waals surface area contributed by atoms with Gasteiger partial charge >= 0.3 is 0 Å². The van der Waals surface area contributed by atoms with Crippen molar-refractivity contribution in [1.29, 1.82) is 0 Å². The highest BCUT2D eigenvalue weighted by atomic mass is 16.2. The molecule has 0 unspecified atom stereocenters. The molecule has 1 aliphatic carbocycles. The summed E-state index contributed by atoms with van der Waals surface area (Å²) in [7, 11) is 1.83. The molecule has 1 N–H and O–H groups in total. The van der Waals surface area contributed by atoms with Gasteiger partial charge < -0.3 is 10.2 Å². The van der Waals surface area contributed by atoms with Gasteiger partial charge in [0.2, 0.25) is 11.8 Å². The first-order valence-electron chi connectivity index (χ1n) is 8.23. The molecule has 1 fully saturated rings. The molecule has 0 aromatic heterocycles. The van der Waals surface area contributed by atoms with Crippen molar-refractivity contribution in [1.82, 2.24) is 5.32 Å². The molecule has 1 aromatic carbocycles. The van der Waals surface area contributed by atoms with Crippen LogP contribution in [0.25, 0.3) is 0 Å². The summed E-state index contributed by atoms with van der Waals surface area (Å²) in [5.41, 5.74) is 0.926. The fourth-order valence-electron chi connectivity index (χ4n) is 3.05. The van der Waals surface area contributed by atoms with E-state index in [0.29, 0.717) is 0 Å².